The van der Waals surface area contributed by atoms with E-state index in [2.05, 4.69) is 10.0 Å². The maximum Gasteiger partial charge on any atom is 0.326 e. The number of alkyl halides is 1. The topological polar surface area (TPSA) is 148 Å². The number of halogens is 1. The van der Waals surface area contributed by atoms with Crippen molar-refractivity contribution < 1.29 is 24.5 Å². The summed E-state index contributed by atoms with van der Waals surface area (Å²) in [7, 11) is 0. The highest BCUT2D eigenvalue weighted by Crippen LogP contribution is 2.34. The summed E-state index contributed by atoms with van der Waals surface area (Å²) in [4.78, 5) is 26.6. The maximum atomic E-state index is 11.7. The van der Waals surface area contributed by atoms with Crippen molar-refractivity contribution in [2.75, 3.05) is 13.2 Å². The van der Waals surface area contributed by atoms with Gasteiger partial charge in [-0.15, -0.1) is 11.6 Å². The van der Waals surface area contributed by atoms with Crippen LogP contribution in [0.1, 0.15) is 6.42 Å². The van der Waals surface area contributed by atoms with Gasteiger partial charge in [0, 0.05) is 11.3 Å². The van der Waals surface area contributed by atoms with Crippen molar-refractivity contribution in [3.8, 4) is 0 Å². The summed E-state index contributed by atoms with van der Waals surface area (Å²) < 4.78 is 5.32. The van der Waals surface area contributed by atoms with E-state index >= 15 is 0 Å². The van der Waals surface area contributed by atoms with E-state index in [4.69, 9.17) is 21.9 Å². The van der Waals surface area contributed by atoms with Gasteiger partial charge in [-0.1, -0.05) is 5.11 Å². The Kier molecular flexibility index (Phi) is 4.02. The van der Waals surface area contributed by atoms with Crippen LogP contribution in [0.25, 0.3) is 10.4 Å². The molecule has 0 bridgehead atoms. The van der Waals surface area contributed by atoms with Crippen molar-refractivity contribution in [3.05, 3.63) is 10.4 Å². The van der Waals surface area contributed by atoms with Gasteiger partial charge in [0.05, 0.1) is 19.3 Å². The van der Waals surface area contributed by atoms with Crippen LogP contribution in [0, 0.1) is 0 Å². The van der Waals surface area contributed by atoms with Crippen LogP contribution >= 0.6 is 11.6 Å². The van der Waals surface area contributed by atoms with Crippen molar-refractivity contribution in [2.45, 2.75) is 29.9 Å². The molecule has 3 N–H and O–H groups in total. The van der Waals surface area contributed by atoms with Crippen LogP contribution in [0.3, 0.4) is 0 Å². The lowest BCUT2D eigenvalue weighted by Gasteiger charge is -2.34. The third-order valence-corrected chi connectivity index (χ3v) is 3.54. The van der Waals surface area contributed by atoms with E-state index in [1.165, 1.54) is 0 Å². The molecule has 20 heavy (non-hydrogen) atoms. The molecule has 0 aromatic heterocycles. The van der Waals surface area contributed by atoms with E-state index in [9.17, 15) is 19.8 Å². The number of carbonyl (C=O) groups is 2. The minimum Gasteiger partial charge on any atom is -0.393 e. The molecule has 2 saturated heterocycles. The molecule has 2 aliphatic rings. The SMILES string of the molecule is [N-]=[N+]=N[C@]1(CO)O[C@@H](N2CC(Cl)C(=O)NC2=O)C[C@@H]1O. The zero-order valence-electron chi connectivity index (χ0n) is 10.1. The number of hydrogen-bond acceptors (Lipinski definition) is 6. The molecule has 2 heterocycles. The van der Waals surface area contributed by atoms with Gasteiger partial charge in [0.25, 0.3) is 0 Å². The summed E-state index contributed by atoms with van der Waals surface area (Å²) in [6, 6.07) is -0.723. The van der Waals surface area contributed by atoms with E-state index in [0.29, 0.717) is 0 Å². The molecule has 2 fully saturated rings. The molecular weight excluding hydrogens is 294 g/mol. The van der Waals surface area contributed by atoms with E-state index in [1.807, 2.05) is 5.32 Å². The summed E-state index contributed by atoms with van der Waals surface area (Å²) in [5, 5.41) is 23.5. The van der Waals surface area contributed by atoms with Crippen LogP contribution < -0.4 is 5.32 Å². The van der Waals surface area contributed by atoms with Gasteiger partial charge in [-0.25, -0.2) is 4.79 Å². The van der Waals surface area contributed by atoms with Crippen LogP contribution in [0.4, 0.5) is 4.79 Å². The number of amides is 3. The van der Waals surface area contributed by atoms with Crippen molar-refractivity contribution in [1.82, 2.24) is 10.2 Å². The van der Waals surface area contributed by atoms with Gasteiger partial charge in [-0.05, 0) is 5.53 Å². The van der Waals surface area contributed by atoms with Crippen LogP contribution in [-0.2, 0) is 9.53 Å². The molecule has 2 aliphatic heterocycles. The monoisotopic (exact) mass is 305 g/mol. The third kappa shape index (κ3) is 2.39. The predicted octanol–water partition coefficient (Wildman–Crippen LogP) is -0.748. The number of rotatable bonds is 3. The number of ether oxygens (including phenoxy) is 1. The molecule has 10 nitrogen and oxygen atoms in total. The van der Waals surface area contributed by atoms with Gasteiger partial charge in [0.15, 0.2) is 5.72 Å². The van der Waals surface area contributed by atoms with Crippen LogP contribution in [0.5, 0.6) is 0 Å². The van der Waals surface area contributed by atoms with E-state index in [-0.39, 0.29) is 13.0 Å². The molecule has 110 valence electrons. The van der Waals surface area contributed by atoms with E-state index in [1.54, 1.807) is 0 Å². The summed E-state index contributed by atoms with van der Waals surface area (Å²) in [6.07, 6.45) is -2.32. The average molecular weight is 306 g/mol. The highest BCUT2D eigenvalue weighted by atomic mass is 35.5. The normalized spacial score (nSPS) is 37.5. The number of nitrogens with zero attached hydrogens (tertiary/aromatic N) is 4. The van der Waals surface area contributed by atoms with Gasteiger partial charge < -0.3 is 14.9 Å². The molecule has 0 saturated carbocycles. The molecule has 0 aliphatic carbocycles. The zero-order valence-corrected chi connectivity index (χ0v) is 10.9. The Morgan fingerprint density at radius 1 is 1.65 bits per heavy atom. The zero-order chi connectivity index (χ0) is 14.9. The fraction of sp³-hybridized carbons (Fsp3) is 0.778. The minimum absolute atomic E-state index is 0.0786. The maximum absolute atomic E-state index is 11.7. The summed E-state index contributed by atoms with van der Waals surface area (Å²) in [5.41, 5.74) is 6.62. The summed E-state index contributed by atoms with van der Waals surface area (Å²) in [6.45, 7) is -0.852. The van der Waals surface area contributed by atoms with Crippen LogP contribution in [-0.4, -0.2) is 63.6 Å². The number of aliphatic hydroxyl groups is 2. The molecular formula is C9H12ClN5O5. The summed E-state index contributed by atoms with van der Waals surface area (Å²) >= 11 is 5.75. The molecule has 11 heteroatoms. The first-order valence-electron chi connectivity index (χ1n) is 5.72. The number of azide groups is 1. The smallest absolute Gasteiger partial charge is 0.326 e. The molecule has 0 aromatic carbocycles. The second kappa shape index (κ2) is 5.43. The molecule has 1 unspecified atom stereocenters. The number of imide groups is 1. The number of carbonyl (C=O) groups excluding carboxylic acids is 2. The molecule has 4 atom stereocenters. The fourth-order valence-electron chi connectivity index (χ4n) is 2.11. The third-order valence-electron chi connectivity index (χ3n) is 3.21. The van der Waals surface area contributed by atoms with Crippen LogP contribution in [0.15, 0.2) is 5.11 Å². The Balaban J connectivity index is 2.17. The largest absolute Gasteiger partial charge is 0.393 e. The standard InChI is InChI=1S/C9H12ClN5O5/c10-4-2-15(8(19)12-7(4)18)6-1-5(17)9(3-16,20-6)13-14-11/h4-6,16-17H,1-3H2,(H,12,18,19)/t4?,5-,6+,9+/m0/s1. The summed E-state index contributed by atoms with van der Waals surface area (Å²) in [5.74, 6) is -0.616. The van der Waals surface area contributed by atoms with Gasteiger partial charge in [-0.2, -0.15) is 0 Å². The van der Waals surface area contributed by atoms with Gasteiger partial charge >= 0.3 is 6.03 Å². The van der Waals surface area contributed by atoms with Crippen molar-refractivity contribution >= 4 is 23.5 Å². The van der Waals surface area contributed by atoms with Crippen molar-refractivity contribution in [3.63, 3.8) is 0 Å². The van der Waals surface area contributed by atoms with E-state index in [0.717, 1.165) is 4.90 Å². The molecule has 2 rings (SSSR count). The predicted molar refractivity (Wildman–Crippen MR) is 64.3 cm³/mol. The lowest BCUT2D eigenvalue weighted by Crippen LogP contribution is -2.58. The van der Waals surface area contributed by atoms with Gasteiger partial charge in [-0.3, -0.25) is 15.0 Å². The van der Waals surface area contributed by atoms with Crippen molar-refractivity contribution in [1.29, 1.82) is 0 Å². The Labute approximate surface area is 117 Å². The van der Waals surface area contributed by atoms with Gasteiger partial charge in [0.2, 0.25) is 5.91 Å². The fourth-order valence-corrected chi connectivity index (χ4v) is 2.31. The van der Waals surface area contributed by atoms with E-state index < -0.39 is 42.0 Å². The Hall–Kier alpha value is -1.58. The number of hydrogen-bond donors (Lipinski definition) is 3. The number of urea groups is 1. The van der Waals surface area contributed by atoms with Crippen molar-refractivity contribution in [2.24, 2.45) is 5.11 Å². The highest BCUT2D eigenvalue weighted by Gasteiger charge is 2.51. The minimum atomic E-state index is -1.84. The molecule has 3 amide bonds. The second-order valence-corrected chi connectivity index (χ2v) is 4.96. The molecule has 0 radical (unpaired) electrons. The second-order valence-electron chi connectivity index (χ2n) is 4.43. The molecule has 0 spiro atoms. The number of aliphatic hydroxyl groups excluding tert-OH is 2. The average Bonchev–Trinajstić information content (AvgIpc) is 2.72. The quantitative estimate of drug-likeness (QED) is 0.271. The Bertz CT molecular complexity index is 483. The van der Waals surface area contributed by atoms with Gasteiger partial charge in [0.1, 0.15) is 11.6 Å². The first-order chi connectivity index (χ1) is 9.43. The molecule has 0 aromatic rings. The Morgan fingerprint density at radius 3 is 2.95 bits per heavy atom. The van der Waals surface area contributed by atoms with Crippen LogP contribution in [0.2, 0.25) is 0 Å². The first-order valence-corrected chi connectivity index (χ1v) is 6.15. The lowest BCUT2D eigenvalue weighted by atomic mass is 10.1. The first kappa shape index (κ1) is 14.8. The highest BCUT2D eigenvalue weighted by molar-refractivity contribution is 6.32. The number of nitrogens with one attached hydrogen (secondary N) is 1. The Morgan fingerprint density at radius 2 is 2.35 bits per heavy atom. The lowest BCUT2D eigenvalue weighted by molar-refractivity contribution is -0.138.